The van der Waals surface area contributed by atoms with Crippen LogP contribution in [0.15, 0.2) is 60.9 Å². The van der Waals surface area contributed by atoms with Gasteiger partial charge in [0.1, 0.15) is 5.75 Å². The Kier molecular flexibility index (Phi) is 5.65. The van der Waals surface area contributed by atoms with Gasteiger partial charge in [-0.3, -0.25) is 0 Å². The summed E-state index contributed by atoms with van der Waals surface area (Å²) in [5.74, 6) is -0.244. The van der Waals surface area contributed by atoms with E-state index in [1.54, 1.807) is 23.5 Å². The quantitative estimate of drug-likeness (QED) is 0.377. The summed E-state index contributed by atoms with van der Waals surface area (Å²) in [6, 6.07) is 13.8. The number of fused-ring (bicyclic) bond motifs is 1. The van der Waals surface area contributed by atoms with E-state index in [0.29, 0.717) is 13.0 Å². The van der Waals surface area contributed by atoms with Gasteiger partial charge in [0.05, 0.1) is 4.88 Å². The molecule has 4 aromatic rings. The number of nitrogens with zero attached hydrogens (tertiary/aromatic N) is 1. The molecule has 156 valence electrons. The number of halogens is 3. The maximum atomic E-state index is 12.2. The Labute approximate surface area is 174 Å². The molecule has 0 aliphatic rings. The highest BCUT2D eigenvalue weighted by Gasteiger charge is 2.30. The van der Waals surface area contributed by atoms with Gasteiger partial charge in [-0.05, 0) is 53.3 Å². The highest BCUT2D eigenvalue weighted by molar-refractivity contribution is 7.18. The molecular formula is C21H19F3N4OS. The summed E-state index contributed by atoms with van der Waals surface area (Å²) in [5, 5.41) is 5.14. The molecule has 30 heavy (non-hydrogen) atoms. The van der Waals surface area contributed by atoms with E-state index < -0.39 is 6.36 Å². The maximum absolute atomic E-state index is 12.2. The predicted molar refractivity (Wildman–Crippen MR) is 113 cm³/mol. The van der Waals surface area contributed by atoms with E-state index in [1.165, 1.54) is 12.1 Å². The predicted octanol–water partition coefficient (Wildman–Crippen LogP) is 5.17. The van der Waals surface area contributed by atoms with Gasteiger partial charge in [0.15, 0.2) is 5.13 Å². The second-order valence-corrected chi connectivity index (χ2v) is 7.88. The Hall–Kier alpha value is -3.04. The Balaban J connectivity index is 1.31. The van der Waals surface area contributed by atoms with Crippen molar-refractivity contribution < 1.29 is 17.9 Å². The van der Waals surface area contributed by atoms with E-state index >= 15 is 0 Å². The molecule has 0 bridgehead atoms. The normalized spacial score (nSPS) is 12.8. The van der Waals surface area contributed by atoms with Crippen molar-refractivity contribution in [2.24, 2.45) is 5.73 Å². The van der Waals surface area contributed by atoms with Crippen molar-refractivity contribution in [1.29, 1.82) is 0 Å². The number of ether oxygens (including phenoxy) is 1. The van der Waals surface area contributed by atoms with Crippen LogP contribution in [-0.4, -0.2) is 28.9 Å². The Morgan fingerprint density at radius 2 is 1.93 bits per heavy atom. The third-order valence-corrected chi connectivity index (χ3v) is 5.52. The largest absolute Gasteiger partial charge is 0.573 e. The van der Waals surface area contributed by atoms with Crippen molar-refractivity contribution in [3.63, 3.8) is 0 Å². The van der Waals surface area contributed by atoms with Crippen LogP contribution in [0.3, 0.4) is 0 Å². The molecule has 1 unspecified atom stereocenters. The topological polar surface area (TPSA) is 76.0 Å². The van der Waals surface area contributed by atoms with Crippen molar-refractivity contribution in [2.45, 2.75) is 18.8 Å². The zero-order valence-corrected chi connectivity index (χ0v) is 16.6. The van der Waals surface area contributed by atoms with Crippen LogP contribution in [0.1, 0.15) is 5.56 Å². The minimum absolute atomic E-state index is 0.219. The van der Waals surface area contributed by atoms with E-state index in [2.05, 4.69) is 26.1 Å². The van der Waals surface area contributed by atoms with Crippen molar-refractivity contribution in [2.75, 3.05) is 11.9 Å². The Bertz CT molecular complexity index is 1120. The van der Waals surface area contributed by atoms with Gasteiger partial charge in [-0.2, -0.15) is 0 Å². The summed E-state index contributed by atoms with van der Waals surface area (Å²) >= 11 is 1.54. The van der Waals surface area contributed by atoms with Gasteiger partial charge in [0.2, 0.25) is 0 Å². The molecule has 0 radical (unpaired) electrons. The molecule has 0 aliphatic heterocycles. The van der Waals surface area contributed by atoms with E-state index in [-0.39, 0.29) is 11.8 Å². The molecule has 0 spiro atoms. The van der Waals surface area contributed by atoms with Gasteiger partial charge in [-0.25, -0.2) is 4.98 Å². The molecule has 2 aromatic heterocycles. The van der Waals surface area contributed by atoms with Gasteiger partial charge < -0.3 is 20.8 Å². The van der Waals surface area contributed by atoms with E-state index in [1.807, 2.05) is 30.6 Å². The van der Waals surface area contributed by atoms with Gasteiger partial charge in [0, 0.05) is 30.5 Å². The van der Waals surface area contributed by atoms with E-state index in [4.69, 9.17) is 5.73 Å². The Morgan fingerprint density at radius 1 is 1.13 bits per heavy atom. The fraction of sp³-hybridized carbons (Fsp3) is 0.190. The summed E-state index contributed by atoms with van der Waals surface area (Å²) in [5.41, 5.74) is 9.18. The number of rotatable bonds is 7. The fourth-order valence-electron chi connectivity index (χ4n) is 3.12. The molecular weight excluding hydrogens is 413 g/mol. The molecule has 0 aliphatic carbocycles. The number of benzene rings is 2. The molecule has 4 rings (SSSR count). The number of thiazole rings is 1. The molecule has 0 saturated carbocycles. The smallest absolute Gasteiger partial charge is 0.406 e. The summed E-state index contributed by atoms with van der Waals surface area (Å²) in [7, 11) is 0. The molecule has 0 fully saturated rings. The summed E-state index contributed by atoms with van der Waals surface area (Å²) < 4.78 is 40.5. The third kappa shape index (κ3) is 5.11. The average molecular weight is 432 g/mol. The first kappa shape index (κ1) is 20.2. The summed E-state index contributed by atoms with van der Waals surface area (Å²) in [6.45, 7) is 0.491. The minimum atomic E-state index is -4.69. The number of anilines is 1. The number of alkyl halides is 3. The minimum Gasteiger partial charge on any atom is -0.406 e. The molecule has 1 atom stereocenters. The SMILES string of the molecule is NC(CNc1ncc(-c2ccc3[nH]ccc3c2)s1)Cc1ccc(OC(F)(F)F)cc1. The second kappa shape index (κ2) is 8.37. The zero-order valence-electron chi connectivity index (χ0n) is 15.7. The number of nitrogens with two attached hydrogens (primary N) is 1. The van der Waals surface area contributed by atoms with Crippen molar-refractivity contribution >= 4 is 27.4 Å². The number of aromatic amines is 1. The van der Waals surface area contributed by atoms with Gasteiger partial charge in [0.25, 0.3) is 0 Å². The average Bonchev–Trinajstić information content (AvgIpc) is 3.35. The number of H-pyrrole nitrogens is 1. The van der Waals surface area contributed by atoms with Gasteiger partial charge in [-0.1, -0.05) is 29.5 Å². The van der Waals surface area contributed by atoms with Crippen LogP contribution < -0.4 is 15.8 Å². The lowest BCUT2D eigenvalue weighted by atomic mass is 10.1. The molecule has 9 heteroatoms. The molecule has 2 aromatic carbocycles. The monoisotopic (exact) mass is 432 g/mol. The molecule has 5 nitrogen and oxygen atoms in total. The molecule has 2 heterocycles. The first-order valence-electron chi connectivity index (χ1n) is 9.23. The standard InChI is InChI=1S/C21H19F3N4OS/c22-21(23,24)29-17-4-1-13(2-5-17)9-16(25)11-27-20-28-12-19(30-20)15-3-6-18-14(10-15)7-8-26-18/h1-8,10,12,16,26H,9,11,25H2,(H,27,28). The number of hydrogen-bond acceptors (Lipinski definition) is 5. The van der Waals surface area contributed by atoms with E-state index in [9.17, 15) is 13.2 Å². The maximum Gasteiger partial charge on any atom is 0.573 e. The molecule has 0 amide bonds. The summed E-state index contributed by atoms with van der Waals surface area (Å²) in [6.07, 6.45) is -0.443. The number of nitrogens with one attached hydrogen (secondary N) is 2. The van der Waals surface area contributed by atoms with Crippen LogP contribution >= 0.6 is 11.3 Å². The van der Waals surface area contributed by atoms with Crippen molar-refractivity contribution in [1.82, 2.24) is 9.97 Å². The molecule has 4 N–H and O–H groups in total. The van der Waals surface area contributed by atoms with Crippen molar-refractivity contribution in [3.8, 4) is 16.2 Å². The molecule has 0 saturated heterocycles. The second-order valence-electron chi connectivity index (χ2n) is 6.85. The van der Waals surface area contributed by atoms with Crippen LogP contribution in [0, 0.1) is 0 Å². The highest BCUT2D eigenvalue weighted by atomic mass is 32.1. The van der Waals surface area contributed by atoms with Crippen LogP contribution in [-0.2, 0) is 6.42 Å². The fourth-order valence-corrected chi connectivity index (χ4v) is 3.94. The first-order valence-corrected chi connectivity index (χ1v) is 10.0. The van der Waals surface area contributed by atoms with Crippen molar-refractivity contribution in [3.05, 3.63) is 66.5 Å². The lowest BCUT2D eigenvalue weighted by Crippen LogP contribution is -2.31. The summed E-state index contributed by atoms with van der Waals surface area (Å²) in [4.78, 5) is 8.63. The Morgan fingerprint density at radius 3 is 2.70 bits per heavy atom. The van der Waals surface area contributed by atoms with Crippen LogP contribution in [0.25, 0.3) is 21.3 Å². The number of aromatic nitrogens is 2. The zero-order chi connectivity index (χ0) is 21.1. The first-order chi connectivity index (χ1) is 14.4. The van der Waals surface area contributed by atoms with Crippen LogP contribution in [0.5, 0.6) is 5.75 Å². The number of hydrogen-bond donors (Lipinski definition) is 3. The van der Waals surface area contributed by atoms with Gasteiger partial charge >= 0.3 is 6.36 Å². The third-order valence-electron chi connectivity index (χ3n) is 4.51. The van der Waals surface area contributed by atoms with Gasteiger partial charge in [-0.15, -0.1) is 13.2 Å². The van der Waals surface area contributed by atoms with E-state index in [0.717, 1.165) is 32.0 Å². The lowest BCUT2D eigenvalue weighted by Gasteiger charge is -2.13. The van der Waals surface area contributed by atoms with Crippen LogP contribution in [0.2, 0.25) is 0 Å². The highest BCUT2D eigenvalue weighted by Crippen LogP contribution is 2.31. The lowest BCUT2D eigenvalue weighted by molar-refractivity contribution is -0.274. The van der Waals surface area contributed by atoms with Crippen LogP contribution in [0.4, 0.5) is 18.3 Å².